The summed E-state index contributed by atoms with van der Waals surface area (Å²) < 4.78 is 5.91. The molecule has 2 heterocycles. The third kappa shape index (κ3) is 1.77. The molecule has 4 nitrogen and oxygen atoms in total. The second kappa shape index (κ2) is 3.79. The largest absolute Gasteiger partial charge is 0.377 e. The van der Waals surface area contributed by atoms with E-state index < -0.39 is 0 Å². The van der Waals surface area contributed by atoms with Crippen LogP contribution in [0, 0.1) is 6.92 Å². The fraction of sp³-hybridized carbons (Fsp3) is 0.333. The van der Waals surface area contributed by atoms with E-state index in [2.05, 4.69) is 21.7 Å². The molecule has 14 heavy (non-hydrogen) atoms. The van der Waals surface area contributed by atoms with Crippen molar-refractivity contribution < 1.29 is 0 Å². The number of hydrogen-bond acceptors (Lipinski definition) is 4. The number of hydrogen-bond donors (Lipinski definition) is 1. The van der Waals surface area contributed by atoms with Gasteiger partial charge in [0.15, 0.2) is 0 Å². The smallest absolute Gasteiger partial charge is 0.0656 e. The molecule has 0 unspecified atom stereocenters. The number of rotatable bonds is 3. The summed E-state index contributed by atoms with van der Waals surface area (Å²) in [5.74, 6) is 0. The molecular formula is C9H12N4S. The quantitative estimate of drug-likeness (QED) is 0.836. The first kappa shape index (κ1) is 9.21. The van der Waals surface area contributed by atoms with Crippen LogP contribution in [-0.2, 0) is 13.6 Å². The first-order valence-corrected chi connectivity index (χ1v) is 5.22. The maximum atomic E-state index is 4.18. The average Bonchev–Trinajstić information content (AvgIpc) is 2.76. The van der Waals surface area contributed by atoms with E-state index in [1.54, 1.807) is 0 Å². The topological polar surface area (TPSA) is 42.7 Å². The summed E-state index contributed by atoms with van der Waals surface area (Å²) in [6, 6.07) is 0. The first-order valence-electron chi connectivity index (χ1n) is 4.38. The van der Waals surface area contributed by atoms with Crippen LogP contribution >= 0.6 is 11.5 Å². The monoisotopic (exact) mass is 208 g/mol. The Morgan fingerprint density at radius 3 is 2.93 bits per heavy atom. The van der Waals surface area contributed by atoms with Crippen molar-refractivity contribution in [2.24, 2.45) is 7.05 Å². The molecule has 1 N–H and O–H groups in total. The minimum atomic E-state index is 0.792. The lowest BCUT2D eigenvalue weighted by Crippen LogP contribution is -2.06. The molecule has 0 spiro atoms. The third-order valence-electron chi connectivity index (χ3n) is 2.16. The van der Waals surface area contributed by atoms with Crippen molar-refractivity contribution in [1.82, 2.24) is 14.2 Å². The molecule has 0 aromatic carbocycles. The van der Waals surface area contributed by atoms with Crippen LogP contribution < -0.4 is 5.32 Å². The zero-order chi connectivity index (χ0) is 9.97. The van der Waals surface area contributed by atoms with Crippen molar-refractivity contribution in [3.8, 4) is 0 Å². The van der Waals surface area contributed by atoms with Crippen LogP contribution in [0.3, 0.4) is 0 Å². The van der Waals surface area contributed by atoms with Crippen LogP contribution in [0.4, 0.5) is 5.69 Å². The van der Waals surface area contributed by atoms with Gasteiger partial charge in [0, 0.05) is 12.4 Å². The summed E-state index contributed by atoms with van der Waals surface area (Å²) in [4.78, 5) is 0. The fourth-order valence-electron chi connectivity index (χ4n) is 1.30. The molecule has 0 atom stereocenters. The maximum Gasteiger partial charge on any atom is 0.0656 e. The normalized spacial score (nSPS) is 10.4. The maximum absolute atomic E-state index is 4.18. The minimum absolute atomic E-state index is 0.792. The van der Waals surface area contributed by atoms with E-state index in [0.717, 1.165) is 12.2 Å². The Morgan fingerprint density at radius 2 is 2.36 bits per heavy atom. The summed E-state index contributed by atoms with van der Waals surface area (Å²) in [5, 5.41) is 9.47. The van der Waals surface area contributed by atoms with Crippen LogP contribution in [0.15, 0.2) is 17.8 Å². The molecule has 0 saturated heterocycles. The van der Waals surface area contributed by atoms with Gasteiger partial charge in [0.1, 0.15) is 0 Å². The van der Waals surface area contributed by atoms with Crippen molar-refractivity contribution in [3.05, 3.63) is 29.0 Å². The van der Waals surface area contributed by atoms with Crippen LogP contribution in [0.1, 0.15) is 11.3 Å². The predicted octanol–water partition coefficient (Wildman–Crippen LogP) is 1.80. The molecule has 0 bridgehead atoms. The van der Waals surface area contributed by atoms with E-state index in [9.17, 15) is 0 Å². The second-order valence-corrected chi connectivity index (χ2v) is 3.82. The molecule has 2 aromatic rings. The summed E-state index contributed by atoms with van der Waals surface area (Å²) in [5.41, 5.74) is 3.48. The lowest BCUT2D eigenvalue weighted by atomic mass is 10.3. The first-order chi connectivity index (χ1) is 6.77. The van der Waals surface area contributed by atoms with Crippen molar-refractivity contribution in [3.63, 3.8) is 0 Å². The highest BCUT2D eigenvalue weighted by molar-refractivity contribution is 7.04. The Bertz CT molecular complexity index is 385. The Kier molecular flexibility index (Phi) is 2.49. The molecule has 0 aliphatic rings. The summed E-state index contributed by atoms with van der Waals surface area (Å²) in [6.07, 6.45) is 3.71. The molecule has 0 aliphatic carbocycles. The van der Waals surface area contributed by atoms with Gasteiger partial charge < -0.3 is 5.32 Å². The SMILES string of the molecule is Cc1cnn(C)c1CNc1cnsc1. The minimum Gasteiger partial charge on any atom is -0.377 e. The van der Waals surface area contributed by atoms with Crippen LogP contribution in [0.5, 0.6) is 0 Å². The van der Waals surface area contributed by atoms with Crippen molar-refractivity contribution in [2.75, 3.05) is 5.32 Å². The molecule has 0 fully saturated rings. The van der Waals surface area contributed by atoms with Crippen LogP contribution in [0.25, 0.3) is 0 Å². The number of aryl methyl sites for hydroxylation is 2. The van der Waals surface area contributed by atoms with E-state index >= 15 is 0 Å². The van der Waals surface area contributed by atoms with Crippen molar-refractivity contribution in [1.29, 1.82) is 0 Å². The predicted molar refractivity (Wildman–Crippen MR) is 57.4 cm³/mol. The highest BCUT2D eigenvalue weighted by Crippen LogP contribution is 2.12. The zero-order valence-electron chi connectivity index (χ0n) is 8.19. The Balaban J connectivity index is 2.05. The van der Waals surface area contributed by atoms with E-state index in [-0.39, 0.29) is 0 Å². The number of anilines is 1. The molecule has 5 heteroatoms. The molecule has 0 saturated carbocycles. The van der Waals surface area contributed by atoms with Crippen LogP contribution in [-0.4, -0.2) is 14.2 Å². The number of nitrogens with one attached hydrogen (secondary N) is 1. The molecular weight excluding hydrogens is 196 g/mol. The van der Waals surface area contributed by atoms with Crippen molar-refractivity contribution in [2.45, 2.75) is 13.5 Å². The lowest BCUT2D eigenvalue weighted by molar-refractivity contribution is 0.719. The summed E-state index contributed by atoms with van der Waals surface area (Å²) >= 11 is 1.45. The van der Waals surface area contributed by atoms with Gasteiger partial charge in [-0.1, -0.05) is 0 Å². The van der Waals surface area contributed by atoms with Gasteiger partial charge in [-0.05, 0) is 24.0 Å². The van der Waals surface area contributed by atoms with Gasteiger partial charge >= 0.3 is 0 Å². The standard InChI is InChI=1S/C9H12N4S/c1-7-3-11-13(2)9(7)5-10-8-4-12-14-6-8/h3-4,6,10H,5H2,1-2H3. The van der Waals surface area contributed by atoms with Gasteiger partial charge in [-0.25, -0.2) is 0 Å². The highest BCUT2D eigenvalue weighted by atomic mass is 32.1. The zero-order valence-corrected chi connectivity index (χ0v) is 9.01. The fourth-order valence-corrected chi connectivity index (χ4v) is 1.80. The lowest BCUT2D eigenvalue weighted by Gasteiger charge is -2.05. The second-order valence-electron chi connectivity index (χ2n) is 3.16. The number of aromatic nitrogens is 3. The molecule has 2 aromatic heterocycles. The third-order valence-corrected chi connectivity index (χ3v) is 2.75. The highest BCUT2D eigenvalue weighted by Gasteiger charge is 2.03. The molecule has 0 radical (unpaired) electrons. The molecule has 2 rings (SSSR count). The average molecular weight is 208 g/mol. The van der Waals surface area contributed by atoms with E-state index in [4.69, 9.17) is 0 Å². The van der Waals surface area contributed by atoms with Gasteiger partial charge in [-0.2, -0.15) is 9.47 Å². The Morgan fingerprint density at radius 1 is 1.50 bits per heavy atom. The summed E-state index contributed by atoms with van der Waals surface area (Å²) in [7, 11) is 1.95. The Hall–Kier alpha value is -1.36. The van der Waals surface area contributed by atoms with Crippen LogP contribution in [0.2, 0.25) is 0 Å². The van der Waals surface area contributed by atoms with E-state index in [0.29, 0.717) is 0 Å². The molecule has 0 aliphatic heterocycles. The molecule has 0 amide bonds. The number of nitrogens with zero attached hydrogens (tertiary/aromatic N) is 3. The van der Waals surface area contributed by atoms with Crippen molar-refractivity contribution >= 4 is 17.2 Å². The van der Waals surface area contributed by atoms with E-state index in [1.165, 1.54) is 22.8 Å². The van der Waals surface area contributed by atoms with Gasteiger partial charge in [0.05, 0.1) is 30.3 Å². The van der Waals surface area contributed by atoms with E-state index in [1.807, 2.05) is 29.5 Å². The van der Waals surface area contributed by atoms with Gasteiger partial charge in [0.25, 0.3) is 0 Å². The van der Waals surface area contributed by atoms with Gasteiger partial charge in [-0.3, -0.25) is 4.68 Å². The van der Waals surface area contributed by atoms with Gasteiger partial charge in [0.2, 0.25) is 0 Å². The van der Waals surface area contributed by atoms with Gasteiger partial charge in [-0.15, -0.1) is 0 Å². The Labute approximate surface area is 86.7 Å². The molecule has 74 valence electrons. The summed E-state index contributed by atoms with van der Waals surface area (Å²) in [6.45, 7) is 2.86.